The zero-order valence-corrected chi connectivity index (χ0v) is 17.1. The lowest BCUT2D eigenvalue weighted by molar-refractivity contribution is 0.0953. The van der Waals surface area contributed by atoms with Crippen LogP contribution in [-0.4, -0.2) is 51.4 Å². The highest BCUT2D eigenvalue weighted by atomic mass is 35.5. The molecule has 0 aliphatic carbocycles. The van der Waals surface area contributed by atoms with Crippen molar-refractivity contribution in [3.05, 3.63) is 29.3 Å². The van der Waals surface area contributed by atoms with Crippen molar-refractivity contribution in [2.45, 2.75) is 39.0 Å². The van der Waals surface area contributed by atoms with Gasteiger partial charge >= 0.3 is 0 Å². The zero-order chi connectivity index (χ0) is 18.2. The van der Waals surface area contributed by atoms with Crippen molar-refractivity contribution in [2.75, 3.05) is 32.7 Å². The van der Waals surface area contributed by atoms with E-state index in [9.17, 15) is 13.2 Å². The standard InChI is InChI=1S/C17H29N3O3S.ClH/c1-5-10-18-11-12-19-17(21)16-13-15(9-8-14(16)4)24(22,23)20(6-2)7-3;/h8-9,13,18H,5-7,10-12H2,1-4H3,(H,19,21);1H. The summed E-state index contributed by atoms with van der Waals surface area (Å²) < 4.78 is 26.6. The summed E-state index contributed by atoms with van der Waals surface area (Å²) in [6.45, 7) is 10.4. The number of benzene rings is 1. The van der Waals surface area contributed by atoms with Gasteiger partial charge in [0.1, 0.15) is 0 Å². The average Bonchev–Trinajstić information content (AvgIpc) is 2.55. The van der Waals surface area contributed by atoms with Gasteiger partial charge in [-0.1, -0.05) is 26.8 Å². The van der Waals surface area contributed by atoms with Gasteiger partial charge in [-0.3, -0.25) is 4.79 Å². The number of hydrogen-bond donors (Lipinski definition) is 2. The Hall–Kier alpha value is -1.15. The number of sulfonamides is 1. The fourth-order valence-electron chi connectivity index (χ4n) is 2.38. The molecule has 2 N–H and O–H groups in total. The maximum absolute atomic E-state index is 12.6. The average molecular weight is 392 g/mol. The Kier molecular flexibility index (Phi) is 10.9. The van der Waals surface area contributed by atoms with Crippen LogP contribution in [0.4, 0.5) is 0 Å². The van der Waals surface area contributed by atoms with Gasteiger partial charge in [0.25, 0.3) is 5.91 Å². The molecule has 0 saturated heterocycles. The molecule has 0 aromatic heterocycles. The topological polar surface area (TPSA) is 78.5 Å². The van der Waals surface area contributed by atoms with E-state index in [-0.39, 0.29) is 23.2 Å². The summed E-state index contributed by atoms with van der Waals surface area (Å²) in [6.07, 6.45) is 1.04. The summed E-state index contributed by atoms with van der Waals surface area (Å²) in [5, 5.41) is 6.03. The molecule has 1 aromatic rings. The summed E-state index contributed by atoms with van der Waals surface area (Å²) in [5.74, 6) is -0.248. The predicted octanol–water partition coefficient (Wildman–Crippen LogP) is 2.18. The second-order valence-electron chi connectivity index (χ2n) is 5.57. The Labute approximate surface area is 157 Å². The van der Waals surface area contributed by atoms with E-state index in [4.69, 9.17) is 0 Å². The molecular weight excluding hydrogens is 362 g/mol. The first-order valence-corrected chi connectivity index (χ1v) is 9.92. The van der Waals surface area contributed by atoms with Gasteiger partial charge in [-0.2, -0.15) is 4.31 Å². The van der Waals surface area contributed by atoms with Crippen LogP contribution < -0.4 is 10.6 Å². The molecule has 0 saturated carbocycles. The molecule has 0 fully saturated rings. The van der Waals surface area contributed by atoms with Crippen LogP contribution in [0.25, 0.3) is 0 Å². The first-order chi connectivity index (χ1) is 11.4. The Morgan fingerprint density at radius 2 is 1.72 bits per heavy atom. The molecule has 0 heterocycles. The number of nitrogens with zero attached hydrogens (tertiary/aromatic N) is 1. The molecule has 0 unspecified atom stereocenters. The molecule has 25 heavy (non-hydrogen) atoms. The van der Waals surface area contributed by atoms with Crippen LogP contribution in [-0.2, 0) is 10.0 Å². The largest absolute Gasteiger partial charge is 0.351 e. The number of carbonyl (C=O) groups is 1. The molecule has 1 aromatic carbocycles. The first-order valence-electron chi connectivity index (χ1n) is 8.48. The van der Waals surface area contributed by atoms with Crippen molar-refractivity contribution in [1.29, 1.82) is 0 Å². The number of amides is 1. The smallest absolute Gasteiger partial charge is 0.251 e. The van der Waals surface area contributed by atoms with Gasteiger partial charge in [0, 0.05) is 31.7 Å². The van der Waals surface area contributed by atoms with Gasteiger partial charge in [-0.25, -0.2) is 8.42 Å². The Bertz CT molecular complexity index is 647. The summed E-state index contributed by atoms with van der Waals surface area (Å²) in [4.78, 5) is 12.5. The molecule has 0 atom stereocenters. The number of nitrogens with one attached hydrogen (secondary N) is 2. The molecule has 1 rings (SSSR count). The van der Waals surface area contributed by atoms with Crippen LogP contribution in [0, 0.1) is 6.92 Å². The van der Waals surface area contributed by atoms with Gasteiger partial charge in [0.15, 0.2) is 0 Å². The van der Waals surface area contributed by atoms with E-state index < -0.39 is 10.0 Å². The van der Waals surface area contributed by atoms with Crippen molar-refractivity contribution < 1.29 is 13.2 Å². The van der Waals surface area contributed by atoms with E-state index in [0.29, 0.717) is 31.7 Å². The van der Waals surface area contributed by atoms with Crippen LogP contribution in [0.5, 0.6) is 0 Å². The quantitative estimate of drug-likeness (QED) is 0.599. The molecule has 144 valence electrons. The van der Waals surface area contributed by atoms with Crippen molar-refractivity contribution in [1.82, 2.24) is 14.9 Å². The van der Waals surface area contributed by atoms with E-state index in [1.54, 1.807) is 32.9 Å². The minimum absolute atomic E-state index is 0. The van der Waals surface area contributed by atoms with Crippen LogP contribution in [0.3, 0.4) is 0 Å². The third-order valence-corrected chi connectivity index (χ3v) is 5.86. The lowest BCUT2D eigenvalue weighted by Gasteiger charge is -2.19. The molecule has 1 amide bonds. The highest BCUT2D eigenvalue weighted by Crippen LogP contribution is 2.19. The van der Waals surface area contributed by atoms with Crippen molar-refractivity contribution >= 4 is 28.3 Å². The Balaban J connectivity index is 0.00000576. The molecular formula is C17H30ClN3O3S. The third-order valence-electron chi connectivity index (χ3n) is 3.81. The second kappa shape index (κ2) is 11.5. The minimum Gasteiger partial charge on any atom is -0.351 e. The maximum atomic E-state index is 12.6. The number of carbonyl (C=O) groups excluding carboxylic acids is 1. The van der Waals surface area contributed by atoms with Gasteiger partial charge in [0.05, 0.1) is 4.90 Å². The monoisotopic (exact) mass is 391 g/mol. The summed E-state index contributed by atoms with van der Waals surface area (Å²) >= 11 is 0. The van der Waals surface area contributed by atoms with Crippen molar-refractivity contribution in [3.63, 3.8) is 0 Å². The first kappa shape index (κ1) is 23.9. The van der Waals surface area contributed by atoms with Crippen LogP contribution in [0.15, 0.2) is 23.1 Å². The second-order valence-corrected chi connectivity index (χ2v) is 7.51. The summed E-state index contributed by atoms with van der Waals surface area (Å²) in [6, 6.07) is 4.71. The Morgan fingerprint density at radius 3 is 2.28 bits per heavy atom. The van der Waals surface area contributed by atoms with E-state index in [1.165, 1.54) is 10.4 Å². The number of hydrogen-bond acceptors (Lipinski definition) is 4. The van der Waals surface area contributed by atoms with E-state index >= 15 is 0 Å². The summed E-state index contributed by atoms with van der Waals surface area (Å²) in [7, 11) is -3.57. The van der Waals surface area contributed by atoms with Gasteiger partial charge < -0.3 is 10.6 Å². The fraction of sp³-hybridized carbons (Fsp3) is 0.588. The molecule has 0 spiro atoms. The number of rotatable bonds is 10. The normalized spacial score (nSPS) is 11.2. The minimum atomic E-state index is -3.57. The lowest BCUT2D eigenvalue weighted by atomic mass is 10.1. The van der Waals surface area contributed by atoms with Crippen LogP contribution >= 0.6 is 12.4 Å². The fourth-order valence-corrected chi connectivity index (χ4v) is 3.86. The molecule has 8 heteroatoms. The van der Waals surface area contributed by atoms with E-state index in [2.05, 4.69) is 17.6 Å². The molecule has 6 nitrogen and oxygen atoms in total. The number of halogens is 1. The molecule has 0 aliphatic heterocycles. The zero-order valence-electron chi connectivity index (χ0n) is 15.5. The van der Waals surface area contributed by atoms with E-state index in [1.807, 2.05) is 0 Å². The van der Waals surface area contributed by atoms with E-state index in [0.717, 1.165) is 18.5 Å². The lowest BCUT2D eigenvalue weighted by Crippen LogP contribution is -2.33. The Morgan fingerprint density at radius 1 is 1.08 bits per heavy atom. The highest BCUT2D eigenvalue weighted by Gasteiger charge is 2.23. The van der Waals surface area contributed by atoms with Gasteiger partial charge in [-0.15, -0.1) is 12.4 Å². The van der Waals surface area contributed by atoms with Crippen molar-refractivity contribution in [3.8, 4) is 0 Å². The maximum Gasteiger partial charge on any atom is 0.251 e. The number of aryl methyl sites for hydroxylation is 1. The molecule has 0 radical (unpaired) electrons. The predicted molar refractivity (Wildman–Crippen MR) is 104 cm³/mol. The summed E-state index contributed by atoms with van der Waals surface area (Å²) in [5.41, 5.74) is 1.16. The molecule has 0 bridgehead atoms. The van der Waals surface area contributed by atoms with Crippen LogP contribution in [0.1, 0.15) is 43.1 Å². The highest BCUT2D eigenvalue weighted by molar-refractivity contribution is 7.89. The van der Waals surface area contributed by atoms with Crippen molar-refractivity contribution in [2.24, 2.45) is 0 Å². The van der Waals surface area contributed by atoms with Crippen LogP contribution in [0.2, 0.25) is 0 Å². The van der Waals surface area contributed by atoms with Gasteiger partial charge in [-0.05, 0) is 37.6 Å². The SMILES string of the molecule is CCCNCCNC(=O)c1cc(S(=O)(=O)N(CC)CC)ccc1C.Cl. The molecule has 0 aliphatic rings. The van der Waals surface area contributed by atoms with Gasteiger partial charge in [0.2, 0.25) is 10.0 Å². The third kappa shape index (κ3) is 6.58.